The van der Waals surface area contributed by atoms with Crippen molar-refractivity contribution in [2.45, 2.75) is 64.8 Å². The highest BCUT2D eigenvalue weighted by Gasteiger charge is 2.24. The number of piperidine rings is 1. The van der Waals surface area contributed by atoms with Crippen molar-refractivity contribution < 1.29 is 5.21 Å². The molecule has 1 rings (SSSR count). The highest BCUT2D eigenvalue weighted by atomic mass is 16.4. The summed E-state index contributed by atoms with van der Waals surface area (Å²) < 4.78 is 0. The van der Waals surface area contributed by atoms with Gasteiger partial charge in [-0.05, 0) is 38.8 Å². The van der Waals surface area contributed by atoms with Crippen molar-refractivity contribution in [1.82, 2.24) is 4.90 Å². The lowest BCUT2D eigenvalue weighted by Gasteiger charge is -2.34. The van der Waals surface area contributed by atoms with Gasteiger partial charge in [0.05, 0.1) is 11.8 Å². The summed E-state index contributed by atoms with van der Waals surface area (Å²) in [5.41, 5.74) is 0.992. The zero-order chi connectivity index (χ0) is 11.8. The molecule has 0 saturated carbocycles. The van der Waals surface area contributed by atoms with E-state index in [0.717, 1.165) is 31.4 Å². The molecule has 1 N–H and O–H groups in total. The van der Waals surface area contributed by atoms with E-state index in [1.807, 2.05) is 0 Å². The molecule has 16 heavy (non-hydrogen) atoms. The topological polar surface area (TPSA) is 35.8 Å². The maximum Gasteiger partial charge on any atom is 0.0741 e. The van der Waals surface area contributed by atoms with Crippen LogP contribution in [0.4, 0.5) is 0 Å². The Balaban J connectivity index is 2.63. The van der Waals surface area contributed by atoms with Crippen molar-refractivity contribution in [1.29, 1.82) is 0 Å². The van der Waals surface area contributed by atoms with Gasteiger partial charge in [-0.3, -0.25) is 4.90 Å². The van der Waals surface area contributed by atoms with Crippen LogP contribution in [0.25, 0.3) is 0 Å². The van der Waals surface area contributed by atoms with Crippen LogP contribution in [0.1, 0.15) is 58.8 Å². The summed E-state index contributed by atoms with van der Waals surface area (Å²) >= 11 is 0. The highest BCUT2D eigenvalue weighted by molar-refractivity contribution is 5.89. The molecular weight excluding hydrogens is 200 g/mol. The minimum Gasteiger partial charge on any atom is -0.411 e. The molecule has 3 nitrogen and oxygen atoms in total. The maximum absolute atomic E-state index is 9.15. The maximum atomic E-state index is 9.15. The highest BCUT2D eigenvalue weighted by Crippen LogP contribution is 2.18. The molecule has 94 valence electrons. The average Bonchev–Trinajstić information content (AvgIpc) is 2.35. The third-order valence-corrected chi connectivity index (χ3v) is 3.41. The fourth-order valence-corrected chi connectivity index (χ4v) is 2.60. The molecule has 0 aromatic carbocycles. The number of hydrogen-bond acceptors (Lipinski definition) is 3. The van der Waals surface area contributed by atoms with E-state index in [9.17, 15) is 0 Å². The summed E-state index contributed by atoms with van der Waals surface area (Å²) in [6, 6.07) is 0.384. The minimum atomic E-state index is 0.384. The van der Waals surface area contributed by atoms with Crippen LogP contribution in [0.2, 0.25) is 0 Å². The molecule has 1 aliphatic heterocycles. The molecule has 1 heterocycles. The summed E-state index contributed by atoms with van der Waals surface area (Å²) in [6.07, 6.45) is 8.22. The van der Waals surface area contributed by atoms with Crippen LogP contribution in [0.15, 0.2) is 5.16 Å². The molecule has 3 heteroatoms. The largest absolute Gasteiger partial charge is 0.411 e. The van der Waals surface area contributed by atoms with Crippen molar-refractivity contribution in [2.24, 2.45) is 5.16 Å². The van der Waals surface area contributed by atoms with Gasteiger partial charge in [0.15, 0.2) is 0 Å². The van der Waals surface area contributed by atoms with Crippen molar-refractivity contribution in [2.75, 3.05) is 13.1 Å². The normalized spacial score (nSPS) is 21.0. The number of likely N-dealkylation sites (tertiary alicyclic amines) is 1. The molecule has 0 aromatic rings. The third kappa shape index (κ3) is 3.78. The van der Waals surface area contributed by atoms with Crippen LogP contribution in [0.3, 0.4) is 0 Å². The lowest BCUT2D eigenvalue weighted by molar-refractivity contribution is 0.187. The molecule has 1 fully saturated rings. The van der Waals surface area contributed by atoms with Gasteiger partial charge in [-0.15, -0.1) is 0 Å². The van der Waals surface area contributed by atoms with Gasteiger partial charge in [0.1, 0.15) is 0 Å². The van der Waals surface area contributed by atoms with Gasteiger partial charge in [-0.1, -0.05) is 38.3 Å². The Hall–Kier alpha value is -0.570. The van der Waals surface area contributed by atoms with Gasteiger partial charge < -0.3 is 5.21 Å². The first-order valence-electron chi connectivity index (χ1n) is 6.78. The van der Waals surface area contributed by atoms with Crippen LogP contribution in [-0.2, 0) is 0 Å². The quantitative estimate of drug-likeness (QED) is 0.428. The Morgan fingerprint density at radius 1 is 1.19 bits per heavy atom. The molecule has 0 bridgehead atoms. The lowest BCUT2D eigenvalue weighted by Crippen LogP contribution is -2.44. The summed E-state index contributed by atoms with van der Waals surface area (Å²) in [6.45, 7) is 6.70. The molecule has 0 radical (unpaired) electrons. The van der Waals surface area contributed by atoms with Gasteiger partial charge in [0.2, 0.25) is 0 Å². The standard InChI is InChI=1S/C13H26N2O/c1-3-8-12(14-16)13(9-4-2)15-10-6-5-7-11-15/h13,16H,3-11H2,1-2H3/b14-12+. The van der Waals surface area contributed by atoms with E-state index in [1.165, 1.54) is 32.4 Å². The summed E-state index contributed by atoms with van der Waals surface area (Å²) in [4.78, 5) is 2.51. The van der Waals surface area contributed by atoms with Crippen molar-refractivity contribution in [3.8, 4) is 0 Å². The van der Waals surface area contributed by atoms with Gasteiger partial charge in [0, 0.05) is 0 Å². The minimum absolute atomic E-state index is 0.384. The number of rotatable bonds is 6. The van der Waals surface area contributed by atoms with Crippen molar-refractivity contribution >= 4 is 5.71 Å². The van der Waals surface area contributed by atoms with Crippen LogP contribution in [0.5, 0.6) is 0 Å². The zero-order valence-electron chi connectivity index (χ0n) is 10.8. The van der Waals surface area contributed by atoms with Gasteiger partial charge >= 0.3 is 0 Å². The van der Waals surface area contributed by atoms with E-state index < -0.39 is 0 Å². The number of oxime groups is 1. The van der Waals surface area contributed by atoms with Crippen molar-refractivity contribution in [3.63, 3.8) is 0 Å². The fraction of sp³-hybridized carbons (Fsp3) is 0.923. The molecule has 1 aliphatic rings. The second kappa shape index (κ2) is 7.66. The van der Waals surface area contributed by atoms with E-state index in [1.54, 1.807) is 0 Å². The summed E-state index contributed by atoms with van der Waals surface area (Å²) in [7, 11) is 0. The monoisotopic (exact) mass is 226 g/mol. The molecule has 1 saturated heterocycles. The molecule has 0 spiro atoms. The average molecular weight is 226 g/mol. The SMILES string of the molecule is CCC/C(=N\O)C(CCC)N1CCCCC1. The van der Waals surface area contributed by atoms with Crippen LogP contribution >= 0.6 is 0 Å². The predicted octanol–water partition coefficient (Wildman–Crippen LogP) is 3.27. The predicted molar refractivity (Wildman–Crippen MR) is 68.2 cm³/mol. The zero-order valence-corrected chi connectivity index (χ0v) is 10.8. The summed E-state index contributed by atoms with van der Waals surface area (Å²) in [5, 5.41) is 12.7. The lowest BCUT2D eigenvalue weighted by atomic mass is 9.98. The van der Waals surface area contributed by atoms with E-state index >= 15 is 0 Å². The van der Waals surface area contributed by atoms with Crippen LogP contribution in [-0.4, -0.2) is 35.0 Å². The van der Waals surface area contributed by atoms with E-state index in [4.69, 9.17) is 5.21 Å². The molecule has 0 aliphatic carbocycles. The first kappa shape index (κ1) is 13.5. The smallest absolute Gasteiger partial charge is 0.0741 e. The Morgan fingerprint density at radius 3 is 2.38 bits per heavy atom. The van der Waals surface area contributed by atoms with Gasteiger partial charge in [-0.25, -0.2) is 0 Å². The fourth-order valence-electron chi connectivity index (χ4n) is 2.60. The second-order valence-corrected chi connectivity index (χ2v) is 4.74. The Kier molecular flexibility index (Phi) is 6.46. The van der Waals surface area contributed by atoms with E-state index in [2.05, 4.69) is 23.9 Å². The van der Waals surface area contributed by atoms with Gasteiger partial charge in [-0.2, -0.15) is 0 Å². The molecular formula is C13H26N2O. The Bertz CT molecular complexity index is 210. The van der Waals surface area contributed by atoms with Crippen molar-refractivity contribution in [3.05, 3.63) is 0 Å². The third-order valence-electron chi connectivity index (χ3n) is 3.41. The Labute approximate surface area is 99.5 Å². The molecule has 0 amide bonds. The van der Waals surface area contributed by atoms with Gasteiger partial charge in [0.25, 0.3) is 0 Å². The van der Waals surface area contributed by atoms with Crippen LogP contribution < -0.4 is 0 Å². The number of nitrogens with zero attached hydrogens (tertiary/aromatic N) is 2. The molecule has 1 atom stereocenters. The second-order valence-electron chi connectivity index (χ2n) is 4.74. The summed E-state index contributed by atoms with van der Waals surface area (Å²) in [5.74, 6) is 0. The first-order valence-corrected chi connectivity index (χ1v) is 6.78. The molecule has 1 unspecified atom stereocenters. The van der Waals surface area contributed by atoms with Crippen LogP contribution in [0, 0.1) is 0 Å². The Morgan fingerprint density at radius 2 is 1.88 bits per heavy atom. The van der Waals surface area contributed by atoms with E-state index in [-0.39, 0.29) is 0 Å². The van der Waals surface area contributed by atoms with E-state index in [0.29, 0.717) is 6.04 Å². The molecule has 0 aromatic heterocycles. The number of hydrogen-bond donors (Lipinski definition) is 1. The first-order chi connectivity index (χ1) is 7.83.